The monoisotopic (exact) mass is 615 g/mol. The van der Waals surface area contributed by atoms with Gasteiger partial charge in [-0.1, -0.05) is 33.4 Å². The zero-order valence-corrected chi connectivity index (χ0v) is 25.8. The molecule has 0 spiro atoms. The molecule has 45 heavy (non-hydrogen) atoms. The Balaban J connectivity index is 1.96. The fourth-order valence-electron chi connectivity index (χ4n) is 6.35. The molecule has 4 aromatic rings. The van der Waals surface area contributed by atoms with Crippen LogP contribution in [-0.2, 0) is 4.79 Å². The molecule has 0 saturated carbocycles. The van der Waals surface area contributed by atoms with E-state index in [1.807, 2.05) is 20.8 Å². The minimum absolute atomic E-state index is 0.0171. The van der Waals surface area contributed by atoms with Gasteiger partial charge >= 0.3 is 0 Å². The highest BCUT2D eigenvalue weighted by Crippen LogP contribution is 2.41. The first-order valence-electron chi connectivity index (χ1n) is 14.8. The van der Waals surface area contributed by atoms with Gasteiger partial charge in [-0.2, -0.15) is 0 Å². The Hall–Kier alpha value is -4.93. The number of aryl methyl sites for hydroxylation is 1. The number of carbonyl (C=O) groups excluding carboxylic acids is 2. The Morgan fingerprint density at radius 1 is 1.20 bits per heavy atom. The molecule has 2 N–H and O–H groups in total. The summed E-state index contributed by atoms with van der Waals surface area (Å²) in [6.07, 6.45) is 3.23. The second-order valence-corrected chi connectivity index (χ2v) is 11.7. The van der Waals surface area contributed by atoms with Crippen molar-refractivity contribution in [1.82, 2.24) is 24.8 Å². The van der Waals surface area contributed by atoms with Crippen molar-refractivity contribution in [3.63, 3.8) is 0 Å². The summed E-state index contributed by atoms with van der Waals surface area (Å²) < 4.78 is 32.5. The number of phenols is 1. The van der Waals surface area contributed by atoms with Crippen LogP contribution in [0.2, 0.25) is 0 Å². The van der Waals surface area contributed by atoms with Gasteiger partial charge < -0.3 is 15.3 Å². The summed E-state index contributed by atoms with van der Waals surface area (Å²) >= 11 is 0. The smallest absolute Gasteiger partial charge is 0.270 e. The second-order valence-electron chi connectivity index (χ2n) is 11.7. The minimum Gasteiger partial charge on any atom is -0.507 e. The van der Waals surface area contributed by atoms with Gasteiger partial charge in [0.1, 0.15) is 28.5 Å². The molecule has 2 amide bonds. The zero-order chi connectivity index (χ0) is 32.7. The molecule has 3 aromatic heterocycles. The molecule has 0 radical (unpaired) electrons. The first kappa shape index (κ1) is 31.5. The van der Waals surface area contributed by atoms with Crippen LogP contribution in [0.1, 0.15) is 66.2 Å². The van der Waals surface area contributed by atoms with E-state index in [0.29, 0.717) is 42.0 Å². The molecular weight excluding hydrogens is 580 g/mol. The molecule has 1 saturated heterocycles. The molecular formula is C34H35F2N5O4. The van der Waals surface area contributed by atoms with Crippen LogP contribution in [0.25, 0.3) is 28.0 Å². The minimum atomic E-state index is -0.948. The number of phenolic OH excluding ortho intramolecular Hbond substituents is 1. The number of hydrogen-bond acceptors (Lipinski definition) is 6. The van der Waals surface area contributed by atoms with Crippen molar-refractivity contribution >= 4 is 22.8 Å². The number of pyridine rings is 3. The number of aromatic nitrogens is 3. The zero-order valence-electron chi connectivity index (χ0n) is 25.8. The third-order valence-electron chi connectivity index (χ3n) is 8.51. The SMILES string of the molecule is C=CC(=O)N1CCC(c2c(C(=O)NC)c(=O)n(-c3c(C)ccnc3C(C)C)c3nc(-c4c(O)cccc4F)c(F)cc23)[C@@H](C)C1. The van der Waals surface area contributed by atoms with Gasteiger partial charge in [-0.05, 0) is 72.6 Å². The van der Waals surface area contributed by atoms with Crippen molar-refractivity contribution in [2.75, 3.05) is 20.1 Å². The Kier molecular flexibility index (Phi) is 8.55. The van der Waals surface area contributed by atoms with Gasteiger partial charge in [0.15, 0.2) is 5.82 Å². The van der Waals surface area contributed by atoms with Crippen molar-refractivity contribution in [1.29, 1.82) is 0 Å². The number of rotatable bonds is 6. The number of halogens is 2. The van der Waals surface area contributed by atoms with E-state index >= 15 is 8.78 Å². The lowest BCUT2D eigenvalue weighted by Crippen LogP contribution is -2.43. The summed E-state index contributed by atoms with van der Waals surface area (Å²) in [6, 6.07) is 6.45. The number of nitrogens with zero attached hydrogens (tertiary/aromatic N) is 4. The van der Waals surface area contributed by atoms with Crippen molar-refractivity contribution in [3.05, 3.63) is 93.6 Å². The van der Waals surface area contributed by atoms with Crippen molar-refractivity contribution in [2.24, 2.45) is 5.92 Å². The molecule has 2 atom stereocenters. The van der Waals surface area contributed by atoms with Crippen molar-refractivity contribution < 1.29 is 23.5 Å². The fourth-order valence-corrected chi connectivity index (χ4v) is 6.35. The van der Waals surface area contributed by atoms with Crippen molar-refractivity contribution in [3.8, 4) is 22.7 Å². The first-order valence-corrected chi connectivity index (χ1v) is 14.8. The molecule has 9 nitrogen and oxygen atoms in total. The normalized spacial score (nSPS) is 16.7. The third-order valence-corrected chi connectivity index (χ3v) is 8.51. The predicted octanol–water partition coefficient (Wildman–Crippen LogP) is 5.36. The van der Waals surface area contributed by atoms with E-state index in [1.54, 1.807) is 24.1 Å². The lowest BCUT2D eigenvalue weighted by atomic mass is 9.78. The van der Waals surface area contributed by atoms with Gasteiger partial charge in [0.25, 0.3) is 11.5 Å². The Labute approximate surface area is 259 Å². The maximum atomic E-state index is 16.2. The Morgan fingerprint density at radius 3 is 2.56 bits per heavy atom. The highest BCUT2D eigenvalue weighted by molar-refractivity contribution is 6.01. The number of carbonyl (C=O) groups is 2. The molecule has 1 aromatic carbocycles. The second kappa shape index (κ2) is 12.2. The largest absolute Gasteiger partial charge is 0.507 e. The van der Waals surface area contributed by atoms with Crippen LogP contribution in [0.15, 0.2) is 54.0 Å². The van der Waals surface area contributed by atoms with Crippen LogP contribution in [-0.4, -0.2) is 56.5 Å². The van der Waals surface area contributed by atoms with Gasteiger partial charge in [-0.25, -0.2) is 13.8 Å². The molecule has 1 unspecified atom stereocenters. The van der Waals surface area contributed by atoms with E-state index in [4.69, 9.17) is 0 Å². The molecule has 5 rings (SSSR count). The average Bonchev–Trinajstić information content (AvgIpc) is 3.00. The topological polar surface area (TPSA) is 117 Å². The molecule has 0 aliphatic carbocycles. The standard InChI is InChI=1S/C34H35F2N5O4/c1-7-25(43)40-14-12-20(19(5)16-40)26-21-15-23(36)30(27-22(35)9-8-10-24(27)42)39-32(21)41(34(45)28(26)33(44)37-6)31-18(4)11-13-38-29(31)17(2)3/h7-11,13,15,17,19-20,42H,1,12,14,16H2,2-6H3,(H,37,44)/t19-,20?/m0/s1. The highest BCUT2D eigenvalue weighted by Gasteiger charge is 2.36. The summed E-state index contributed by atoms with van der Waals surface area (Å²) in [7, 11) is 1.41. The van der Waals surface area contributed by atoms with Crippen LogP contribution in [0.5, 0.6) is 5.75 Å². The number of fused-ring (bicyclic) bond motifs is 1. The number of nitrogens with one attached hydrogen (secondary N) is 1. The van der Waals surface area contributed by atoms with Gasteiger partial charge in [-0.3, -0.25) is 23.9 Å². The molecule has 1 fully saturated rings. The van der Waals surface area contributed by atoms with Gasteiger partial charge in [0.05, 0.1) is 16.9 Å². The summed E-state index contributed by atoms with van der Waals surface area (Å²) in [4.78, 5) is 51.5. The van der Waals surface area contributed by atoms with Gasteiger partial charge in [0, 0.05) is 31.7 Å². The maximum absolute atomic E-state index is 16.2. The van der Waals surface area contributed by atoms with Crippen LogP contribution >= 0.6 is 0 Å². The number of likely N-dealkylation sites (tertiary alicyclic amines) is 1. The predicted molar refractivity (Wildman–Crippen MR) is 168 cm³/mol. The van der Waals surface area contributed by atoms with E-state index in [9.17, 15) is 19.5 Å². The molecule has 4 heterocycles. The van der Waals surface area contributed by atoms with Crippen molar-refractivity contribution in [2.45, 2.75) is 46.0 Å². The van der Waals surface area contributed by atoms with E-state index in [2.05, 4.69) is 21.9 Å². The Morgan fingerprint density at radius 2 is 1.93 bits per heavy atom. The maximum Gasteiger partial charge on any atom is 0.270 e. The van der Waals surface area contributed by atoms with E-state index < -0.39 is 46.0 Å². The molecule has 0 bridgehead atoms. The lowest BCUT2D eigenvalue weighted by Gasteiger charge is -2.38. The third kappa shape index (κ3) is 5.36. The van der Waals surface area contributed by atoms with Crippen LogP contribution in [0.4, 0.5) is 8.78 Å². The average molecular weight is 616 g/mol. The number of piperidine rings is 1. The van der Waals surface area contributed by atoms with Gasteiger partial charge in [0.2, 0.25) is 5.91 Å². The molecule has 11 heteroatoms. The summed E-state index contributed by atoms with van der Waals surface area (Å²) in [6.45, 7) is 11.7. The molecule has 1 aliphatic heterocycles. The van der Waals surface area contributed by atoms with E-state index in [-0.39, 0.29) is 34.3 Å². The summed E-state index contributed by atoms with van der Waals surface area (Å²) in [5, 5.41) is 13.3. The van der Waals surface area contributed by atoms with Gasteiger partial charge in [-0.15, -0.1) is 0 Å². The summed E-state index contributed by atoms with van der Waals surface area (Å²) in [5.41, 5.74) is 0.0331. The number of benzene rings is 1. The van der Waals surface area contributed by atoms with Crippen LogP contribution in [0.3, 0.4) is 0 Å². The number of aromatic hydroxyl groups is 1. The van der Waals surface area contributed by atoms with E-state index in [0.717, 1.165) is 12.1 Å². The number of hydrogen-bond donors (Lipinski definition) is 2. The fraction of sp³-hybridized carbons (Fsp3) is 0.324. The highest BCUT2D eigenvalue weighted by atomic mass is 19.1. The van der Waals surface area contributed by atoms with Crippen LogP contribution < -0.4 is 10.9 Å². The Bertz CT molecular complexity index is 1900. The lowest BCUT2D eigenvalue weighted by molar-refractivity contribution is -0.127. The molecule has 234 valence electrons. The first-order chi connectivity index (χ1) is 21.4. The number of amides is 2. The molecule has 1 aliphatic rings. The van der Waals surface area contributed by atoms with E-state index in [1.165, 1.54) is 29.8 Å². The van der Waals surface area contributed by atoms with Crippen LogP contribution in [0, 0.1) is 24.5 Å². The quantitative estimate of drug-likeness (QED) is 0.282. The summed E-state index contributed by atoms with van der Waals surface area (Å²) in [5.74, 6) is -4.11.